The van der Waals surface area contributed by atoms with Gasteiger partial charge in [-0.3, -0.25) is 4.79 Å². The van der Waals surface area contributed by atoms with Crippen LogP contribution in [0.1, 0.15) is 26.2 Å². The van der Waals surface area contributed by atoms with Crippen molar-refractivity contribution in [2.45, 2.75) is 26.2 Å². The summed E-state index contributed by atoms with van der Waals surface area (Å²) >= 11 is 0. The Hall–Kier alpha value is -1.70. The van der Waals surface area contributed by atoms with Gasteiger partial charge in [0, 0.05) is 12.8 Å². The summed E-state index contributed by atoms with van der Waals surface area (Å²) in [6, 6.07) is 1.46. The van der Waals surface area contributed by atoms with Gasteiger partial charge in [-0.15, -0.1) is 0 Å². The molecule has 5 nitrogen and oxygen atoms in total. The summed E-state index contributed by atoms with van der Waals surface area (Å²) in [4.78, 5) is 10.5. The third kappa shape index (κ3) is 5.04. The molecule has 0 amide bonds. The Morgan fingerprint density at radius 3 is 2.57 bits per heavy atom. The van der Waals surface area contributed by atoms with Crippen molar-refractivity contribution >= 4 is 5.78 Å². The van der Waals surface area contributed by atoms with Gasteiger partial charge in [0.25, 0.3) is 0 Å². The Kier molecular flexibility index (Phi) is 5.95. The molecule has 0 bridgehead atoms. The molecule has 0 rings (SSSR count). The second-order valence-electron chi connectivity index (χ2n) is 2.57. The summed E-state index contributed by atoms with van der Waals surface area (Å²) in [5, 5.41) is 26.3. The number of carbonyl (C=O) groups excluding carboxylic acids is 1. The second-order valence-corrected chi connectivity index (χ2v) is 2.57. The predicted molar refractivity (Wildman–Crippen MR) is 48.4 cm³/mol. The molecule has 78 valence electrons. The molecule has 0 saturated carbocycles. The number of nitrogens with zero attached hydrogens (tertiary/aromatic N) is 1. The number of hydrogen-bond acceptors (Lipinski definition) is 5. The fourth-order valence-electron chi connectivity index (χ4n) is 0.799. The van der Waals surface area contributed by atoms with Gasteiger partial charge in [0.05, 0.1) is 6.61 Å². The van der Waals surface area contributed by atoms with Crippen molar-refractivity contribution in [1.82, 2.24) is 0 Å². The van der Waals surface area contributed by atoms with E-state index in [0.29, 0.717) is 6.42 Å². The third-order valence-electron chi connectivity index (χ3n) is 1.47. The quantitative estimate of drug-likeness (QED) is 0.500. The zero-order valence-electron chi connectivity index (χ0n) is 7.99. The molecule has 0 spiro atoms. The van der Waals surface area contributed by atoms with Gasteiger partial charge in [0.2, 0.25) is 5.78 Å². The molecule has 0 aliphatic heterocycles. The van der Waals surface area contributed by atoms with Crippen molar-refractivity contribution in [1.29, 1.82) is 5.26 Å². The predicted octanol–water partition coefficient (Wildman–Crippen LogP) is 1.57. The van der Waals surface area contributed by atoms with Gasteiger partial charge in [0.1, 0.15) is 6.07 Å². The van der Waals surface area contributed by atoms with Crippen molar-refractivity contribution in [2.24, 2.45) is 0 Å². The van der Waals surface area contributed by atoms with Crippen molar-refractivity contribution in [3.05, 3.63) is 11.7 Å². The number of Topliss-reactive ketones (excluding diaryl/α,β-unsaturated/α-hetero) is 1. The molecule has 0 aromatic heterocycles. The monoisotopic (exact) mass is 199 g/mol. The third-order valence-corrected chi connectivity index (χ3v) is 1.47. The smallest absolute Gasteiger partial charge is 0.316 e. The summed E-state index contributed by atoms with van der Waals surface area (Å²) in [6.45, 7) is 1.93. The maximum atomic E-state index is 10.5. The lowest BCUT2D eigenvalue weighted by molar-refractivity contribution is -0.114. The van der Waals surface area contributed by atoms with E-state index in [-0.39, 0.29) is 25.2 Å². The van der Waals surface area contributed by atoms with Crippen LogP contribution in [0.2, 0.25) is 0 Å². The van der Waals surface area contributed by atoms with Crippen LogP contribution >= 0.6 is 0 Å². The van der Waals surface area contributed by atoms with Crippen LogP contribution in [0.3, 0.4) is 0 Å². The van der Waals surface area contributed by atoms with Crippen LogP contribution in [-0.4, -0.2) is 22.6 Å². The van der Waals surface area contributed by atoms with E-state index in [0.717, 1.165) is 0 Å². The molecule has 0 saturated heterocycles. The Bertz CT molecular complexity index is 264. The van der Waals surface area contributed by atoms with Gasteiger partial charge in [-0.2, -0.15) is 5.26 Å². The molecule has 14 heavy (non-hydrogen) atoms. The van der Waals surface area contributed by atoms with E-state index in [4.69, 9.17) is 15.5 Å². The molecule has 2 N–H and O–H groups in total. The first-order chi connectivity index (χ1) is 6.61. The molecule has 0 aliphatic carbocycles. The summed E-state index contributed by atoms with van der Waals surface area (Å²) < 4.78 is 4.62. The topological polar surface area (TPSA) is 90.5 Å². The molecule has 0 radical (unpaired) electrons. The van der Waals surface area contributed by atoms with Crippen LogP contribution in [0.5, 0.6) is 0 Å². The molecule has 0 heterocycles. The van der Waals surface area contributed by atoms with E-state index in [1.807, 2.05) is 0 Å². The first kappa shape index (κ1) is 12.3. The summed E-state index contributed by atoms with van der Waals surface area (Å²) in [5.41, 5.74) is 0. The van der Waals surface area contributed by atoms with E-state index in [1.54, 1.807) is 6.92 Å². The number of rotatable bonds is 6. The molecule has 0 aliphatic rings. The number of aliphatic hydroxyl groups is 2. The molecular weight excluding hydrogens is 186 g/mol. The number of nitriles is 1. The van der Waals surface area contributed by atoms with Gasteiger partial charge in [-0.25, -0.2) is 0 Å². The highest BCUT2D eigenvalue weighted by Crippen LogP contribution is 2.09. The lowest BCUT2D eigenvalue weighted by Crippen LogP contribution is -1.98. The lowest BCUT2D eigenvalue weighted by Gasteiger charge is -2.03. The highest BCUT2D eigenvalue weighted by Gasteiger charge is 2.06. The number of allylic oxidation sites excluding steroid dienone is 1. The summed E-state index contributed by atoms with van der Waals surface area (Å²) in [5.74, 6) is -1.34. The van der Waals surface area contributed by atoms with Crippen LogP contribution in [-0.2, 0) is 9.53 Å². The Balaban J connectivity index is 3.85. The SMILES string of the molecule is CCO/C(O)=C(\O)CCCC(=O)C#N. The van der Waals surface area contributed by atoms with Gasteiger partial charge in [0.15, 0.2) is 5.76 Å². The highest BCUT2D eigenvalue weighted by atomic mass is 16.6. The fourth-order valence-corrected chi connectivity index (χ4v) is 0.799. The molecule has 0 aromatic carbocycles. The van der Waals surface area contributed by atoms with E-state index < -0.39 is 11.7 Å². The molecule has 5 heteroatoms. The van der Waals surface area contributed by atoms with Gasteiger partial charge in [-0.05, 0) is 13.3 Å². The Labute approximate surface area is 82.2 Å². The number of hydrogen-bond donors (Lipinski definition) is 2. The largest absolute Gasteiger partial charge is 0.506 e. The fraction of sp³-hybridized carbons (Fsp3) is 0.556. The second kappa shape index (κ2) is 6.78. The van der Waals surface area contributed by atoms with E-state index >= 15 is 0 Å². The molecule has 0 atom stereocenters. The Morgan fingerprint density at radius 2 is 2.07 bits per heavy atom. The number of ketones is 1. The van der Waals surface area contributed by atoms with Crippen LogP contribution in [0.4, 0.5) is 0 Å². The summed E-state index contributed by atoms with van der Waals surface area (Å²) in [7, 11) is 0. The highest BCUT2D eigenvalue weighted by molar-refractivity contribution is 5.93. The maximum Gasteiger partial charge on any atom is 0.316 e. The van der Waals surface area contributed by atoms with Crippen LogP contribution in [0.15, 0.2) is 11.7 Å². The average Bonchev–Trinajstić information content (AvgIpc) is 2.17. The summed E-state index contributed by atoms with van der Waals surface area (Å²) in [6.07, 6.45) is 0.509. The first-order valence-electron chi connectivity index (χ1n) is 4.28. The minimum Gasteiger partial charge on any atom is -0.506 e. The normalized spacial score (nSPS) is 11.4. The minimum absolute atomic E-state index is 0.0694. The van der Waals surface area contributed by atoms with Crippen LogP contribution < -0.4 is 0 Å². The van der Waals surface area contributed by atoms with Crippen molar-refractivity contribution < 1.29 is 19.7 Å². The first-order valence-corrected chi connectivity index (χ1v) is 4.28. The number of aliphatic hydroxyl groups excluding tert-OH is 2. The lowest BCUT2D eigenvalue weighted by atomic mass is 10.2. The molecule has 0 fully saturated rings. The van der Waals surface area contributed by atoms with Crippen molar-refractivity contribution in [3.63, 3.8) is 0 Å². The van der Waals surface area contributed by atoms with E-state index in [9.17, 15) is 4.79 Å². The van der Waals surface area contributed by atoms with E-state index in [1.165, 1.54) is 6.07 Å². The van der Waals surface area contributed by atoms with E-state index in [2.05, 4.69) is 4.74 Å². The van der Waals surface area contributed by atoms with Gasteiger partial charge < -0.3 is 14.9 Å². The van der Waals surface area contributed by atoms with Crippen molar-refractivity contribution in [2.75, 3.05) is 6.61 Å². The molecule has 0 unspecified atom stereocenters. The number of carbonyl (C=O) groups is 1. The standard InChI is InChI=1S/C9H13NO4/c1-2-14-9(13)8(12)5-3-4-7(11)6-10/h12-13H,2-5H2,1H3/b9-8-. The van der Waals surface area contributed by atoms with Crippen molar-refractivity contribution in [3.8, 4) is 6.07 Å². The zero-order chi connectivity index (χ0) is 11.0. The van der Waals surface area contributed by atoms with Gasteiger partial charge >= 0.3 is 5.95 Å². The van der Waals surface area contributed by atoms with Gasteiger partial charge in [-0.1, -0.05) is 0 Å². The maximum absolute atomic E-state index is 10.5. The zero-order valence-corrected chi connectivity index (χ0v) is 7.99. The molecule has 0 aromatic rings. The van der Waals surface area contributed by atoms with Crippen LogP contribution in [0, 0.1) is 11.3 Å². The molecular formula is C9H13NO4. The Morgan fingerprint density at radius 1 is 1.43 bits per heavy atom. The number of ether oxygens (including phenoxy) is 1. The average molecular weight is 199 g/mol. The minimum atomic E-state index is -0.534. The van der Waals surface area contributed by atoms with Crippen LogP contribution in [0.25, 0.3) is 0 Å².